The highest BCUT2D eigenvalue weighted by molar-refractivity contribution is 7.89. The number of halogens is 2. The third-order valence-electron chi connectivity index (χ3n) is 7.46. The molecule has 0 aromatic heterocycles. The van der Waals surface area contributed by atoms with E-state index >= 15 is 0 Å². The monoisotopic (exact) mass is 580 g/mol. The molecule has 1 aliphatic carbocycles. The summed E-state index contributed by atoms with van der Waals surface area (Å²) in [5, 5.41) is 10.9. The van der Waals surface area contributed by atoms with Gasteiger partial charge in [-0.3, -0.25) is 9.59 Å². The maximum Gasteiger partial charge on any atom is 0.304 e. The average Bonchev–Trinajstić information content (AvgIpc) is 3.64. The van der Waals surface area contributed by atoms with Crippen molar-refractivity contribution >= 4 is 45.1 Å². The fraction of sp³-hybridized carbons (Fsp3) is 0.500. The van der Waals surface area contributed by atoms with Crippen LogP contribution in [0.5, 0.6) is 0 Å². The van der Waals surface area contributed by atoms with Crippen LogP contribution in [0.15, 0.2) is 48.5 Å². The van der Waals surface area contributed by atoms with Crippen molar-refractivity contribution in [1.29, 1.82) is 0 Å². The molecule has 38 heavy (non-hydrogen) atoms. The summed E-state index contributed by atoms with van der Waals surface area (Å²) in [4.78, 5) is 28.0. The zero-order valence-electron chi connectivity index (χ0n) is 21.7. The third-order valence-corrected chi connectivity index (χ3v) is 9.56. The Morgan fingerprint density at radius 3 is 2.32 bits per heavy atom. The van der Waals surface area contributed by atoms with Crippen molar-refractivity contribution in [2.24, 2.45) is 11.3 Å². The molecule has 2 aromatic carbocycles. The molecule has 4 atom stereocenters. The van der Waals surface area contributed by atoms with Crippen LogP contribution in [0.3, 0.4) is 0 Å². The number of carboxylic acid groups (broad SMARTS) is 1. The van der Waals surface area contributed by atoms with Gasteiger partial charge in [-0.15, -0.1) is 0 Å². The number of piperidine rings is 1. The van der Waals surface area contributed by atoms with E-state index < -0.39 is 33.5 Å². The third kappa shape index (κ3) is 6.53. The van der Waals surface area contributed by atoms with Gasteiger partial charge in [0.15, 0.2) is 0 Å². The molecule has 0 spiro atoms. The van der Waals surface area contributed by atoms with E-state index in [1.165, 1.54) is 0 Å². The van der Waals surface area contributed by atoms with Gasteiger partial charge in [0.05, 0.1) is 29.7 Å². The topological polar surface area (TPSA) is 104 Å². The number of likely N-dealkylation sites (tertiary alicyclic amines) is 1. The molecule has 1 saturated heterocycles. The normalized spacial score (nSPS) is 25.0. The zero-order chi connectivity index (χ0) is 27.8. The number of sulfonamides is 1. The lowest BCUT2D eigenvalue weighted by atomic mass is 9.67. The van der Waals surface area contributed by atoms with Crippen molar-refractivity contribution in [2.45, 2.75) is 70.5 Å². The van der Waals surface area contributed by atoms with Crippen LogP contribution in [0.25, 0.3) is 0 Å². The number of carbonyl (C=O) groups excluding carboxylic acids is 1. The van der Waals surface area contributed by atoms with Crippen LogP contribution in [0.1, 0.15) is 69.5 Å². The summed E-state index contributed by atoms with van der Waals surface area (Å²) in [6.45, 7) is 5.19. The van der Waals surface area contributed by atoms with Crippen molar-refractivity contribution in [3.63, 3.8) is 0 Å². The Bertz CT molecular complexity index is 1300. The summed E-state index contributed by atoms with van der Waals surface area (Å²) < 4.78 is 29.0. The Balaban J connectivity index is 1.91. The lowest BCUT2D eigenvalue weighted by Crippen LogP contribution is -2.58. The largest absolute Gasteiger partial charge is 0.481 e. The summed E-state index contributed by atoms with van der Waals surface area (Å²) >= 11 is 12.6. The number of hydrogen-bond acceptors (Lipinski definition) is 4. The molecule has 1 saturated carbocycles. The second-order valence-electron chi connectivity index (χ2n) is 11.2. The van der Waals surface area contributed by atoms with E-state index in [0.29, 0.717) is 10.0 Å². The van der Waals surface area contributed by atoms with Gasteiger partial charge < -0.3 is 10.0 Å². The minimum atomic E-state index is -3.72. The smallest absolute Gasteiger partial charge is 0.304 e. The lowest BCUT2D eigenvalue weighted by Gasteiger charge is -2.52. The SMILES string of the molecule is CC(C)NS(=O)(=O)CC(C1CC1)N1C(=O)C(C)(CC(=O)O)CC(c2cccc(Cl)c2)C1c1ccc(Cl)cc1. The van der Waals surface area contributed by atoms with E-state index in [1.807, 2.05) is 30.3 Å². The second kappa shape index (κ2) is 11.2. The first-order valence-electron chi connectivity index (χ1n) is 12.8. The quantitative estimate of drug-likeness (QED) is 0.378. The van der Waals surface area contributed by atoms with Crippen LogP contribution in [-0.2, 0) is 19.6 Å². The van der Waals surface area contributed by atoms with E-state index in [-0.39, 0.29) is 42.4 Å². The van der Waals surface area contributed by atoms with Gasteiger partial charge in [-0.25, -0.2) is 13.1 Å². The Morgan fingerprint density at radius 2 is 1.76 bits per heavy atom. The first-order chi connectivity index (χ1) is 17.8. The van der Waals surface area contributed by atoms with Crippen LogP contribution in [0.4, 0.5) is 0 Å². The summed E-state index contributed by atoms with van der Waals surface area (Å²) in [7, 11) is -3.72. The average molecular weight is 582 g/mol. The second-order valence-corrected chi connectivity index (χ2v) is 13.8. The number of carbonyl (C=O) groups is 2. The number of benzene rings is 2. The summed E-state index contributed by atoms with van der Waals surface area (Å²) in [6, 6.07) is 13.2. The molecule has 4 rings (SSSR count). The van der Waals surface area contributed by atoms with Crippen LogP contribution in [0, 0.1) is 11.3 Å². The van der Waals surface area contributed by atoms with E-state index in [1.54, 1.807) is 43.9 Å². The minimum Gasteiger partial charge on any atom is -0.481 e. The predicted molar refractivity (Wildman–Crippen MR) is 149 cm³/mol. The molecular weight excluding hydrogens is 547 g/mol. The number of amides is 1. The molecule has 206 valence electrons. The molecule has 1 amide bonds. The molecule has 0 bridgehead atoms. The molecule has 10 heteroatoms. The van der Waals surface area contributed by atoms with Crippen LogP contribution in [-0.4, -0.2) is 48.1 Å². The number of hydrogen-bond donors (Lipinski definition) is 2. The van der Waals surface area contributed by atoms with Crippen molar-refractivity contribution in [1.82, 2.24) is 9.62 Å². The van der Waals surface area contributed by atoms with Gasteiger partial charge in [-0.2, -0.15) is 0 Å². The van der Waals surface area contributed by atoms with Gasteiger partial charge in [0.2, 0.25) is 15.9 Å². The summed E-state index contributed by atoms with van der Waals surface area (Å²) in [5.74, 6) is -1.98. The van der Waals surface area contributed by atoms with Gasteiger partial charge in [-0.1, -0.05) is 54.4 Å². The van der Waals surface area contributed by atoms with Crippen LogP contribution >= 0.6 is 23.2 Å². The minimum absolute atomic E-state index is 0.00433. The van der Waals surface area contributed by atoms with Crippen molar-refractivity contribution in [3.8, 4) is 0 Å². The number of rotatable bonds is 10. The van der Waals surface area contributed by atoms with Crippen LogP contribution in [0.2, 0.25) is 10.0 Å². The standard InChI is InChI=1S/C28H34Cl2N2O5S/c1-17(2)31-38(36,37)16-24(18-7-8-18)32-26(19-9-11-21(29)12-10-19)23(20-5-4-6-22(30)13-20)14-28(3,27(32)35)15-25(33)34/h4-6,9-13,17-18,23-24,26,31H,7-8,14-16H2,1-3H3,(H,33,34). The summed E-state index contributed by atoms with van der Waals surface area (Å²) in [6.07, 6.45) is 1.52. The Hall–Kier alpha value is -2.13. The molecule has 1 heterocycles. The fourth-order valence-electron chi connectivity index (χ4n) is 5.80. The molecule has 4 unspecified atom stereocenters. The Labute approximate surface area is 234 Å². The highest BCUT2D eigenvalue weighted by Crippen LogP contribution is 2.54. The van der Waals surface area contributed by atoms with Crippen molar-refractivity contribution in [2.75, 3.05) is 5.75 Å². The Kier molecular flexibility index (Phi) is 8.48. The highest BCUT2D eigenvalue weighted by Gasteiger charge is 2.55. The number of nitrogens with one attached hydrogen (secondary N) is 1. The van der Waals surface area contributed by atoms with E-state index in [9.17, 15) is 23.1 Å². The zero-order valence-corrected chi connectivity index (χ0v) is 24.1. The maximum atomic E-state index is 14.4. The van der Waals surface area contributed by atoms with Gasteiger partial charge >= 0.3 is 5.97 Å². The van der Waals surface area contributed by atoms with E-state index in [2.05, 4.69) is 4.72 Å². The maximum absolute atomic E-state index is 14.4. The van der Waals surface area contributed by atoms with Crippen molar-refractivity contribution in [3.05, 3.63) is 69.7 Å². The molecular formula is C28H34Cl2N2O5S. The van der Waals surface area contributed by atoms with Gasteiger partial charge in [0, 0.05) is 22.0 Å². The van der Waals surface area contributed by atoms with Crippen LogP contribution < -0.4 is 4.72 Å². The number of aliphatic carboxylic acids is 1. The van der Waals surface area contributed by atoms with Crippen molar-refractivity contribution < 1.29 is 23.1 Å². The predicted octanol–water partition coefficient (Wildman–Crippen LogP) is 5.64. The van der Waals surface area contributed by atoms with Gasteiger partial charge in [-0.05, 0) is 74.4 Å². The molecule has 1 aliphatic heterocycles. The number of nitrogens with zero attached hydrogens (tertiary/aromatic N) is 1. The molecule has 7 nitrogen and oxygen atoms in total. The van der Waals surface area contributed by atoms with E-state index in [4.69, 9.17) is 23.2 Å². The summed E-state index contributed by atoms with van der Waals surface area (Å²) in [5.41, 5.74) is 0.443. The first-order valence-corrected chi connectivity index (χ1v) is 15.3. The van der Waals surface area contributed by atoms with Gasteiger partial charge in [0.1, 0.15) is 0 Å². The molecule has 2 aromatic rings. The molecule has 2 aliphatic rings. The fourth-order valence-corrected chi connectivity index (χ4v) is 7.82. The number of carboxylic acids is 1. The Morgan fingerprint density at radius 1 is 1.11 bits per heavy atom. The lowest BCUT2D eigenvalue weighted by molar-refractivity contribution is -0.160. The molecule has 2 fully saturated rings. The molecule has 0 radical (unpaired) electrons. The van der Waals surface area contributed by atoms with E-state index in [0.717, 1.165) is 24.0 Å². The molecule has 2 N–H and O–H groups in total. The van der Waals surface area contributed by atoms with Gasteiger partial charge in [0.25, 0.3) is 0 Å². The highest BCUT2D eigenvalue weighted by atomic mass is 35.5. The first kappa shape index (κ1) is 28.9.